The van der Waals surface area contributed by atoms with Gasteiger partial charge in [-0.25, -0.2) is 23.0 Å². The summed E-state index contributed by atoms with van der Waals surface area (Å²) < 4.78 is 117. The summed E-state index contributed by atoms with van der Waals surface area (Å²) in [4.78, 5) is 34.0. The van der Waals surface area contributed by atoms with E-state index in [-0.39, 0.29) is 0 Å². The summed E-state index contributed by atoms with van der Waals surface area (Å²) >= 11 is 0. The standard InChI is InChI=1S/C24H24F6N4O6S/c1-6-41(37,38)19-18(32-17-10-13(23(25,26)27)7-8-33(17)19)34(21(36)40-22(2,3)4)12-16-15(20(35)39-5)9-14(11-31-16)24(28,29)30/h7-11H,6,12H2,1-5H3. The number of hydrogen-bond acceptors (Lipinski definition) is 8. The number of pyridine rings is 2. The predicted octanol–water partition coefficient (Wildman–Crippen LogP) is 5.29. The number of aromatic nitrogens is 3. The van der Waals surface area contributed by atoms with Crippen molar-refractivity contribution < 1.29 is 53.8 Å². The van der Waals surface area contributed by atoms with Gasteiger partial charge in [-0.3, -0.25) is 14.3 Å². The second kappa shape index (κ2) is 10.8. The molecule has 1 amide bonds. The number of rotatable bonds is 6. The maximum Gasteiger partial charge on any atom is 0.417 e. The quantitative estimate of drug-likeness (QED) is 0.273. The first-order chi connectivity index (χ1) is 18.7. The van der Waals surface area contributed by atoms with Crippen molar-refractivity contribution in [2.24, 2.45) is 0 Å². The molecule has 0 aliphatic rings. The molecule has 0 saturated carbocycles. The Balaban J connectivity index is 2.34. The number of fused-ring (bicyclic) bond motifs is 1. The van der Waals surface area contributed by atoms with Gasteiger partial charge in [-0.1, -0.05) is 6.92 Å². The molecular weight excluding hydrogens is 586 g/mol. The average molecular weight is 611 g/mol. The third kappa shape index (κ3) is 6.89. The molecule has 224 valence electrons. The van der Waals surface area contributed by atoms with Crippen molar-refractivity contribution >= 4 is 33.4 Å². The minimum Gasteiger partial charge on any atom is -0.465 e. The molecule has 10 nitrogen and oxygen atoms in total. The number of imidazole rings is 1. The topological polar surface area (TPSA) is 120 Å². The second-order valence-electron chi connectivity index (χ2n) is 9.56. The fourth-order valence-corrected chi connectivity index (χ4v) is 4.70. The zero-order chi connectivity index (χ0) is 31.1. The number of anilines is 1. The van der Waals surface area contributed by atoms with Crippen molar-refractivity contribution in [2.45, 2.75) is 57.2 Å². The first kappa shape index (κ1) is 31.6. The minimum absolute atomic E-state index is 0.387. The molecule has 3 rings (SSSR count). The number of carbonyl (C=O) groups is 2. The number of nitrogens with zero attached hydrogens (tertiary/aromatic N) is 4. The number of alkyl halides is 6. The van der Waals surface area contributed by atoms with Gasteiger partial charge in [0.15, 0.2) is 20.7 Å². The number of ether oxygens (including phenoxy) is 2. The van der Waals surface area contributed by atoms with Crippen LogP contribution in [0.3, 0.4) is 0 Å². The van der Waals surface area contributed by atoms with Gasteiger partial charge < -0.3 is 9.47 Å². The predicted molar refractivity (Wildman–Crippen MR) is 131 cm³/mol. The Morgan fingerprint density at radius 1 is 1.02 bits per heavy atom. The zero-order valence-corrected chi connectivity index (χ0v) is 23.0. The number of methoxy groups -OCH3 is 1. The summed E-state index contributed by atoms with van der Waals surface area (Å²) in [7, 11) is -3.43. The molecule has 0 spiro atoms. The Labute approximate surface area is 229 Å². The molecule has 0 aromatic carbocycles. The van der Waals surface area contributed by atoms with Crippen LogP contribution in [0.15, 0.2) is 35.6 Å². The number of amides is 1. The summed E-state index contributed by atoms with van der Waals surface area (Å²) in [6.45, 7) is 4.75. The highest BCUT2D eigenvalue weighted by atomic mass is 32.2. The molecule has 0 N–H and O–H groups in total. The Kier molecular flexibility index (Phi) is 8.36. The Bertz CT molecular complexity index is 1590. The van der Waals surface area contributed by atoms with Crippen LogP contribution in [0, 0.1) is 0 Å². The van der Waals surface area contributed by atoms with E-state index in [4.69, 9.17) is 4.74 Å². The third-order valence-corrected chi connectivity index (χ3v) is 7.18. The van der Waals surface area contributed by atoms with Crippen LogP contribution in [-0.4, -0.2) is 53.3 Å². The second-order valence-corrected chi connectivity index (χ2v) is 11.8. The van der Waals surface area contributed by atoms with Crippen LogP contribution in [0.2, 0.25) is 0 Å². The Morgan fingerprint density at radius 2 is 1.63 bits per heavy atom. The zero-order valence-electron chi connectivity index (χ0n) is 22.2. The van der Waals surface area contributed by atoms with Gasteiger partial charge in [0, 0.05) is 12.4 Å². The van der Waals surface area contributed by atoms with Crippen molar-refractivity contribution in [3.63, 3.8) is 0 Å². The fourth-order valence-electron chi connectivity index (χ4n) is 3.54. The van der Waals surface area contributed by atoms with Crippen LogP contribution in [0.1, 0.15) is 54.9 Å². The van der Waals surface area contributed by atoms with E-state index in [1.165, 1.54) is 27.7 Å². The molecule has 0 unspecified atom stereocenters. The van der Waals surface area contributed by atoms with E-state index < -0.39 is 91.0 Å². The van der Waals surface area contributed by atoms with Gasteiger partial charge in [0.2, 0.25) is 0 Å². The van der Waals surface area contributed by atoms with E-state index >= 15 is 0 Å². The molecule has 0 aliphatic carbocycles. The van der Waals surface area contributed by atoms with Crippen molar-refractivity contribution in [2.75, 3.05) is 17.8 Å². The van der Waals surface area contributed by atoms with Gasteiger partial charge in [-0.15, -0.1) is 0 Å². The monoisotopic (exact) mass is 610 g/mol. The maximum absolute atomic E-state index is 13.4. The van der Waals surface area contributed by atoms with E-state index in [0.29, 0.717) is 29.3 Å². The highest BCUT2D eigenvalue weighted by molar-refractivity contribution is 7.91. The Morgan fingerprint density at radius 3 is 2.15 bits per heavy atom. The summed E-state index contributed by atoms with van der Waals surface area (Å²) in [6.07, 6.45) is -9.80. The highest BCUT2D eigenvalue weighted by Crippen LogP contribution is 2.35. The van der Waals surface area contributed by atoms with Gasteiger partial charge >= 0.3 is 24.4 Å². The van der Waals surface area contributed by atoms with Gasteiger partial charge in [-0.2, -0.15) is 26.3 Å². The normalized spacial score (nSPS) is 12.9. The molecule has 0 aliphatic heterocycles. The first-order valence-electron chi connectivity index (χ1n) is 11.7. The van der Waals surface area contributed by atoms with Crippen molar-refractivity contribution in [3.8, 4) is 0 Å². The number of hydrogen-bond donors (Lipinski definition) is 0. The van der Waals surface area contributed by atoms with E-state index in [1.54, 1.807) is 0 Å². The lowest BCUT2D eigenvalue weighted by molar-refractivity contribution is -0.138. The van der Waals surface area contributed by atoms with Gasteiger partial charge in [0.05, 0.1) is 41.8 Å². The van der Waals surface area contributed by atoms with E-state index in [9.17, 15) is 44.3 Å². The number of halogens is 6. The third-order valence-electron chi connectivity index (χ3n) is 5.45. The van der Waals surface area contributed by atoms with Crippen molar-refractivity contribution in [1.82, 2.24) is 14.4 Å². The molecule has 0 saturated heterocycles. The lowest BCUT2D eigenvalue weighted by Crippen LogP contribution is -2.38. The molecule has 17 heteroatoms. The lowest BCUT2D eigenvalue weighted by atomic mass is 10.1. The molecule has 0 radical (unpaired) electrons. The van der Waals surface area contributed by atoms with Crippen LogP contribution in [0.25, 0.3) is 5.65 Å². The molecule has 0 bridgehead atoms. The highest BCUT2D eigenvalue weighted by Gasteiger charge is 2.37. The van der Waals surface area contributed by atoms with Crippen LogP contribution in [0.4, 0.5) is 37.0 Å². The average Bonchev–Trinajstić information content (AvgIpc) is 3.23. The van der Waals surface area contributed by atoms with Crippen LogP contribution < -0.4 is 4.90 Å². The van der Waals surface area contributed by atoms with Crippen LogP contribution >= 0.6 is 0 Å². The molecule has 0 atom stereocenters. The van der Waals surface area contributed by atoms with Crippen LogP contribution in [0.5, 0.6) is 0 Å². The SMILES string of the molecule is CCS(=O)(=O)c1c(N(Cc2ncc(C(F)(F)F)cc2C(=O)OC)C(=O)OC(C)(C)C)nc2cc(C(F)(F)F)ccn12. The number of esters is 1. The van der Waals surface area contributed by atoms with Crippen molar-refractivity contribution in [1.29, 1.82) is 0 Å². The summed E-state index contributed by atoms with van der Waals surface area (Å²) in [5.41, 5.74) is -5.36. The summed E-state index contributed by atoms with van der Waals surface area (Å²) in [5, 5.41) is -0.693. The molecule has 3 aromatic rings. The summed E-state index contributed by atoms with van der Waals surface area (Å²) in [5.74, 6) is -2.52. The Hall–Kier alpha value is -3.89. The van der Waals surface area contributed by atoms with Crippen LogP contribution in [-0.2, 0) is 38.2 Å². The molecule has 0 fully saturated rings. The van der Waals surface area contributed by atoms with E-state index in [2.05, 4.69) is 14.7 Å². The van der Waals surface area contributed by atoms with E-state index in [1.807, 2.05) is 0 Å². The summed E-state index contributed by atoms with van der Waals surface area (Å²) in [6, 6.07) is 1.60. The number of sulfone groups is 1. The fraction of sp³-hybridized carbons (Fsp3) is 0.417. The molecule has 3 aromatic heterocycles. The molecule has 41 heavy (non-hydrogen) atoms. The first-order valence-corrected chi connectivity index (χ1v) is 13.3. The van der Waals surface area contributed by atoms with Crippen molar-refractivity contribution in [3.05, 3.63) is 53.0 Å². The maximum atomic E-state index is 13.4. The van der Waals surface area contributed by atoms with E-state index in [0.717, 1.165) is 17.7 Å². The molecular formula is C24H24F6N4O6S. The minimum atomic E-state index is -4.90. The number of carbonyl (C=O) groups excluding carboxylic acids is 2. The smallest absolute Gasteiger partial charge is 0.417 e. The van der Waals surface area contributed by atoms with Gasteiger partial charge in [-0.05, 0) is 39.0 Å². The van der Waals surface area contributed by atoms with Gasteiger partial charge in [0.25, 0.3) is 0 Å². The molecule has 3 heterocycles. The lowest BCUT2D eigenvalue weighted by Gasteiger charge is -2.27. The largest absolute Gasteiger partial charge is 0.465 e. The van der Waals surface area contributed by atoms with Gasteiger partial charge in [0.1, 0.15) is 11.2 Å².